The standard InChI is InChI=1S/C19H25N5O4S2/c1-19(2,3)16(26)21-17-22-23-18(29-17)30(27,28)20-11-13-7-4-5-8-14(13)12-24-10-6-9-15(24)25/h4-5,7-8,20H,6,9-12H2,1-3H3,(H,21,22,26). The molecule has 1 fully saturated rings. The van der Waals surface area contributed by atoms with Crippen LogP contribution < -0.4 is 10.0 Å². The van der Waals surface area contributed by atoms with E-state index in [1.807, 2.05) is 24.3 Å². The molecule has 0 unspecified atom stereocenters. The zero-order valence-electron chi connectivity index (χ0n) is 17.1. The van der Waals surface area contributed by atoms with Gasteiger partial charge in [0, 0.05) is 31.5 Å². The largest absolute Gasteiger partial charge is 0.338 e. The minimum absolute atomic E-state index is 0.0593. The van der Waals surface area contributed by atoms with Gasteiger partial charge < -0.3 is 10.2 Å². The van der Waals surface area contributed by atoms with Crippen molar-refractivity contribution in [2.45, 2.75) is 51.0 Å². The summed E-state index contributed by atoms with van der Waals surface area (Å²) in [5.74, 6) is -0.162. The Morgan fingerprint density at radius 3 is 2.53 bits per heavy atom. The number of aromatic nitrogens is 2. The molecule has 0 atom stereocenters. The molecular formula is C19H25N5O4S2. The van der Waals surface area contributed by atoms with E-state index in [0.717, 1.165) is 28.9 Å². The molecule has 9 nitrogen and oxygen atoms in total. The van der Waals surface area contributed by atoms with E-state index in [1.165, 1.54) is 0 Å². The number of likely N-dealkylation sites (tertiary alicyclic amines) is 1. The van der Waals surface area contributed by atoms with Gasteiger partial charge in [-0.3, -0.25) is 9.59 Å². The monoisotopic (exact) mass is 451 g/mol. The number of nitrogens with zero attached hydrogens (tertiary/aromatic N) is 3. The highest BCUT2D eigenvalue weighted by Crippen LogP contribution is 2.23. The van der Waals surface area contributed by atoms with E-state index >= 15 is 0 Å². The molecule has 30 heavy (non-hydrogen) atoms. The number of anilines is 1. The van der Waals surface area contributed by atoms with Gasteiger partial charge in [-0.15, -0.1) is 10.2 Å². The summed E-state index contributed by atoms with van der Waals surface area (Å²) in [5, 5.41) is 10.2. The van der Waals surface area contributed by atoms with Crippen molar-refractivity contribution < 1.29 is 18.0 Å². The second-order valence-corrected chi connectivity index (χ2v) is 11.0. The van der Waals surface area contributed by atoms with Gasteiger partial charge in [0.05, 0.1) is 0 Å². The van der Waals surface area contributed by atoms with Gasteiger partial charge >= 0.3 is 0 Å². The molecule has 1 saturated heterocycles. The third-order valence-corrected chi connectivity index (χ3v) is 7.25. The van der Waals surface area contributed by atoms with Crippen LogP contribution in [0.1, 0.15) is 44.7 Å². The molecule has 2 heterocycles. The van der Waals surface area contributed by atoms with Gasteiger partial charge in [-0.1, -0.05) is 56.4 Å². The van der Waals surface area contributed by atoms with Crippen LogP contribution in [0.4, 0.5) is 5.13 Å². The first-order valence-electron chi connectivity index (χ1n) is 9.55. The van der Waals surface area contributed by atoms with Crippen LogP contribution in [0.5, 0.6) is 0 Å². The van der Waals surface area contributed by atoms with Crippen molar-refractivity contribution in [3.05, 3.63) is 35.4 Å². The predicted molar refractivity (Wildman–Crippen MR) is 113 cm³/mol. The summed E-state index contributed by atoms with van der Waals surface area (Å²) in [6.07, 6.45) is 1.40. The SMILES string of the molecule is CC(C)(C)C(=O)Nc1nnc(S(=O)(=O)NCc2ccccc2CN2CCCC2=O)s1. The number of rotatable bonds is 7. The van der Waals surface area contributed by atoms with E-state index in [4.69, 9.17) is 0 Å². The second kappa shape index (κ2) is 8.78. The van der Waals surface area contributed by atoms with Crippen molar-refractivity contribution in [1.29, 1.82) is 0 Å². The number of hydrogen-bond acceptors (Lipinski definition) is 7. The second-order valence-electron chi connectivity index (χ2n) is 8.09. The molecule has 3 rings (SSSR count). The molecule has 1 aromatic carbocycles. The lowest BCUT2D eigenvalue weighted by atomic mass is 9.96. The molecule has 2 amide bonds. The first-order valence-corrected chi connectivity index (χ1v) is 11.9. The zero-order valence-corrected chi connectivity index (χ0v) is 18.8. The minimum atomic E-state index is -3.90. The number of hydrogen-bond donors (Lipinski definition) is 2. The lowest BCUT2D eigenvalue weighted by molar-refractivity contribution is -0.128. The van der Waals surface area contributed by atoms with Crippen LogP contribution in [0.3, 0.4) is 0 Å². The highest BCUT2D eigenvalue weighted by atomic mass is 32.2. The van der Waals surface area contributed by atoms with Crippen LogP contribution in [0.2, 0.25) is 0 Å². The smallest absolute Gasteiger partial charge is 0.270 e. The van der Waals surface area contributed by atoms with E-state index in [9.17, 15) is 18.0 Å². The van der Waals surface area contributed by atoms with Gasteiger partial charge in [0.15, 0.2) is 0 Å². The van der Waals surface area contributed by atoms with Crippen molar-refractivity contribution in [2.24, 2.45) is 5.41 Å². The molecule has 1 aliphatic heterocycles. The lowest BCUT2D eigenvalue weighted by Gasteiger charge is -2.18. The van der Waals surface area contributed by atoms with Crippen molar-refractivity contribution in [2.75, 3.05) is 11.9 Å². The highest BCUT2D eigenvalue weighted by molar-refractivity contribution is 7.91. The molecule has 0 bridgehead atoms. The van der Waals surface area contributed by atoms with Crippen molar-refractivity contribution in [3.63, 3.8) is 0 Å². The van der Waals surface area contributed by atoms with Crippen LogP contribution >= 0.6 is 11.3 Å². The first-order chi connectivity index (χ1) is 14.1. The Morgan fingerprint density at radius 2 is 1.90 bits per heavy atom. The summed E-state index contributed by atoms with van der Waals surface area (Å²) in [7, 11) is -3.90. The van der Waals surface area contributed by atoms with E-state index < -0.39 is 15.4 Å². The zero-order chi connectivity index (χ0) is 21.9. The molecule has 11 heteroatoms. The van der Waals surface area contributed by atoms with Gasteiger partial charge in [0.2, 0.25) is 21.3 Å². The Morgan fingerprint density at radius 1 is 1.20 bits per heavy atom. The normalized spacial score (nSPS) is 14.9. The molecule has 0 saturated carbocycles. The predicted octanol–water partition coefficient (Wildman–Crippen LogP) is 2.12. The van der Waals surface area contributed by atoms with Gasteiger partial charge in [-0.05, 0) is 17.5 Å². The molecular weight excluding hydrogens is 426 g/mol. The number of sulfonamides is 1. The highest BCUT2D eigenvalue weighted by Gasteiger charge is 2.26. The average molecular weight is 452 g/mol. The number of nitrogens with one attached hydrogen (secondary N) is 2. The fourth-order valence-corrected chi connectivity index (χ4v) is 4.79. The summed E-state index contributed by atoms with van der Waals surface area (Å²) < 4.78 is 27.6. The van der Waals surface area contributed by atoms with Crippen LogP contribution in [-0.4, -0.2) is 41.9 Å². The quantitative estimate of drug-likeness (QED) is 0.622. The summed E-state index contributed by atoms with van der Waals surface area (Å²) in [6, 6.07) is 7.40. The van der Waals surface area contributed by atoms with E-state index in [2.05, 4.69) is 20.2 Å². The van der Waals surface area contributed by atoms with Crippen molar-refractivity contribution in [3.8, 4) is 0 Å². The Bertz CT molecular complexity index is 1040. The molecule has 0 aliphatic carbocycles. The topological polar surface area (TPSA) is 121 Å². The molecule has 2 N–H and O–H groups in total. The minimum Gasteiger partial charge on any atom is -0.338 e. The van der Waals surface area contributed by atoms with Gasteiger partial charge in [0.1, 0.15) is 0 Å². The molecule has 1 aromatic heterocycles. The molecule has 162 valence electrons. The maximum Gasteiger partial charge on any atom is 0.270 e. The van der Waals surface area contributed by atoms with Crippen LogP contribution in [0.15, 0.2) is 28.6 Å². The van der Waals surface area contributed by atoms with Crippen LogP contribution in [0.25, 0.3) is 0 Å². The lowest BCUT2D eigenvalue weighted by Crippen LogP contribution is -2.27. The maximum atomic E-state index is 12.6. The van der Waals surface area contributed by atoms with E-state index in [1.54, 1.807) is 25.7 Å². The fourth-order valence-electron chi connectivity index (χ4n) is 2.85. The Labute approximate surface area is 179 Å². The average Bonchev–Trinajstić information content (AvgIpc) is 3.30. The Hall–Kier alpha value is -2.37. The summed E-state index contributed by atoms with van der Waals surface area (Å²) >= 11 is 0.793. The number of amides is 2. The summed E-state index contributed by atoms with van der Waals surface area (Å²) in [5.41, 5.74) is 1.04. The van der Waals surface area contributed by atoms with Crippen LogP contribution in [0, 0.1) is 5.41 Å². The Kier molecular flexibility index (Phi) is 6.53. The number of carbonyl (C=O) groups is 2. The molecule has 0 spiro atoms. The van der Waals surface area contributed by atoms with Crippen LogP contribution in [-0.2, 0) is 32.7 Å². The summed E-state index contributed by atoms with van der Waals surface area (Å²) in [4.78, 5) is 25.7. The number of benzene rings is 1. The van der Waals surface area contributed by atoms with E-state index in [-0.39, 0.29) is 27.8 Å². The van der Waals surface area contributed by atoms with Gasteiger partial charge in [-0.2, -0.15) is 0 Å². The maximum absolute atomic E-state index is 12.6. The fraction of sp³-hybridized carbons (Fsp3) is 0.474. The number of carbonyl (C=O) groups excluding carboxylic acids is 2. The molecule has 2 aromatic rings. The summed E-state index contributed by atoms with van der Waals surface area (Å²) in [6.45, 7) is 6.47. The van der Waals surface area contributed by atoms with Gasteiger partial charge in [-0.25, -0.2) is 13.1 Å². The Balaban J connectivity index is 1.67. The van der Waals surface area contributed by atoms with Crippen molar-refractivity contribution in [1.82, 2.24) is 19.8 Å². The first kappa shape index (κ1) is 22.3. The molecule has 0 radical (unpaired) electrons. The molecule has 1 aliphatic rings. The third-order valence-electron chi connectivity index (χ3n) is 4.64. The third kappa shape index (κ3) is 5.41. The van der Waals surface area contributed by atoms with E-state index in [0.29, 0.717) is 19.5 Å². The van der Waals surface area contributed by atoms with Gasteiger partial charge in [0.25, 0.3) is 10.0 Å². The van der Waals surface area contributed by atoms with Crippen molar-refractivity contribution >= 4 is 38.3 Å².